The molecule has 0 saturated carbocycles. The fourth-order valence-electron chi connectivity index (χ4n) is 2.16. The Morgan fingerprint density at radius 1 is 1.46 bits per heavy atom. The van der Waals surface area contributed by atoms with Gasteiger partial charge in [0, 0.05) is 18.6 Å². The van der Waals surface area contributed by atoms with Crippen LogP contribution in [0.2, 0.25) is 0 Å². The summed E-state index contributed by atoms with van der Waals surface area (Å²) in [4.78, 5) is 2.55. The molecule has 1 atom stereocenters. The lowest BCUT2D eigenvalue weighted by molar-refractivity contribution is 0.156. The second kappa shape index (κ2) is 4.43. The lowest BCUT2D eigenvalue weighted by atomic mass is 10.0. The van der Waals surface area contributed by atoms with E-state index >= 15 is 0 Å². The van der Waals surface area contributed by atoms with Crippen molar-refractivity contribution in [3.8, 4) is 0 Å². The van der Waals surface area contributed by atoms with Crippen molar-refractivity contribution in [2.45, 2.75) is 45.6 Å². The van der Waals surface area contributed by atoms with Crippen LogP contribution in [-0.2, 0) is 0 Å². The predicted octanol–water partition coefficient (Wildman–Crippen LogP) is 1.85. The van der Waals surface area contributed by atoms with E-state index in [9.17, 15) is 0 Å². The molecule has 2 nitrogen and oxygen atoms in total. The minimum atomic E-state index is 0.211. The number of rotatable bonds is 4. The minimum absolute atomic E-state index is 0.211. The fourth-order valence-corrected chi connectivity index (χ4v) is 2.16. The third-order valence-electron chi connectivity index (χ3n) is 3.34. The van der Waals surface area contributed by atoms with Crippen molar-refractivity contribution < 1.29 is 0 Å². The highest BCUT2D eigenvalue weighted by atomic mass is 15.2. The van der Waals surface area contributed by atoms with Gasteiger partial charge >= 0.3 is 0 Å². The van der Waals surface area contributed by atoms with Gasteiger partial charge in [-0.25, -0.2) is 0 Å². The zero-order valence-corrected chi connectivity index (χ0v) is 9.34. The molecule has 0 amide bonds. The Hall–Kier alpha value is -0.0800. The summed E-state index contributed by atoms with van der Waals surface area (Å²) >= 11 is 0. The van der Waals surface area contributed by atoms with Gasteiger partial charge in [-0.3, -0.25) is 4.90 Å². The van der Waals surface area contributed by atoms with Crippen LogP contribution >= 0.6 is 0 Å². The van der Waals surface area contributed by atoms with Gasteiger partial charge in [-0.05, 0) is 39.2 Å². The van der Waals surface area contributed by atoms with Crippen molar-refractivity contribution >= 4 is 0 Å². The van der Waals surface area contributed by atoms with Crippen molar-refractivity contribution in [2.24, 2.45) is 11.7 Å². The highest BCUT2D eigenvalue weighted by Crippen LogP contribution is 2.26. The Balaban J connectivity index is 2.40. The maximum atomic E-state index is 5.76. The molecule has 1 aliphatic rings. The van der Waals surface area contributed by atoms with Crippen molar-refractivity contribution in [3.63, 3.8) is 0 Å². The number of likely N-dealkylation sites (tertiary alicyclic amines) is 1. The molecule has 0 aromatic heterocycles. The number of nitrogens with two attached hydrogens (primary N) is 1. The average Bonchev–Trinajstić information content (AvgIpc) is 2.54. The number of hydrogen-bond donors (Lipinski definition) is 1. The van der Waals surface area contributed by atoms with Crippen LogP contribution in [0.15, 0.2) is 0 Å². The van der Waals surface area contributed by atoms with Gasteiger partial charge in [0.2, 0.25) is 0 Å². The number of nitrogens with zero attached hydrogens (tertiary/aromatic N) is 1. The first-order valence-corrected chi connectivity index (χ1v) is 5.55. The van der Waals surface area contributed by atoms with Gasteiger partial charge < -0.3 is 5.73 Å². The Kier molecular flexibility index (Phi) is 3.74. The lowest BCUT2D eigenvalue weighted by Crippen LogP contribution is -2.48. The Morgan fingerprint density at radius 3 is 2.69 bits per heavy atom. The molecule has 0 radical (unpaired) electrons. The monoisotopic (exact) mass is 184 g/mol. The molecule has 2 N–H and O–H groups in total. The van der Waals surface area contributed by atoms with Crippen LogP contribution in [0.25, 0.3) is 0 Å². The normalized spacial score (nSPS) is 25.4. The van der Waals surface area contributed by atoms with Gasteiger partial charge in [0.1, 0.15) is 0 Å². The fraction of sp³-hybridized carbons (Fsp3) is 1.00. The lowest BCUT2D eigenvalue weighted by Gasteiger charge is -2.34. The molecule has 1 saturated heterocycles. The maximum absolute atomic E-state index is 5.76. The number of hydrogen-bond acceptors (Lipinski definition) is 2. The van der Waals surface area contributed by atoms with Crippen molar-refractivity contribution in [3.05, 3.63) is 0 Å². The molecular weight excluding hydrogens is 160 g/mol. The molecule has 1 rings (SSSR count). The van der Waals surface area contributed by atoms with E-state index in [1.807, 2.05) is 0 Å². The quantitative estimate of drug-likeness (QED) is 0.722. The first-order chi connectivity index (χ1) is 6.10. The second-order valence-electron chi connectivity index (χ2n) is 4.91. The first kappa shape index (κ1) is 11.0. The molecule has 1 aliphatic heterocycles. The molecule has 2 heteroatoms. The van der Waals surface area contributed by atoms with E-state index in [2.05, 4.69) is 25.7 Å². The third kappa shape index (κ3) is 2.68. The Morgan fingerprint density at radius 2 is 2.15 bits per heavy atom. The standard InChI is InChI=1S/C11H24N2/c1-4-5-10-6-7-13(8-10)11(2,3)9-12/h10H,4-9,12H2,1-3H3. The molecule has 1 fully saturated rings. The zero-order chi connectivity index (χ0) is 9.90. The summed E-state index contributed by atoms with van der Waals surface area (Å²) < 4.78 is 0. The topological polar surface area (TPSA) is 29.3 Å². The molecule has 0 bridgehead atoms. The Labute approximate surface area is 82.5 Å². The average molecular weight is 184 g/mol. The SMILES string of the molecule is CCCC1CCN(C(C)(C)CN)C1. The zero-order valence-electron chi connectivity index (χ0n) is 9.34. The second-order valence-corrected chi connectivity index (χ2v) is 4.91. The predicted molar refractivity (Wildman–Crippen MR) is 57.7 cm³/mol. The van der Waals surface area contributed by atoms with E-state index in [1.54, 1.807) is 0 Å². The summed E-state index contributed by atoms with van der Waals surface area (Å²) in [6, 6.07) is 0. The molecule has 13 heavy (non-hydrogen) atoms. The van der Waals surface area contributed by atoms with Crippen molar-refractivity contribution in [1.82, 2.24) is 4.90 Å². The van der Waals surface area contributed by atoms with E-state index in [1.165, 1.54) is 32.4 Å². The molecule has 78 valence electrons. The highest BCUT2D eigenvalue weighted by Gasteiger charge is 2.31. The van der Waals surface area contributed by atoms with E-state index in [0.29, 0.717) is 0 Å². The van der Waals surface area contributed by atoms with Crippen LogP contribution in [0, 0.1) is 5.92 Å². The van der Waals surface area contributed by atoms with Gasteiger partial charge in [0.25, 0.3) is 0 Å². The van der Waals surface area contributed by atoms with Gasteiger partial charge in [0.05, 0.1) is 0 Å². The maximum Gasteiger partial charge on any atom is 0.0275 e. The van der Waals surface area contributed by atoms with E-state index in [4.69, 9.17) is 5.73 Å². The summed E-state index contributed by atoms with van der Waals surface area (Å²) in [5.41, 5.74) is 5.97. The van der Waals surface area contributed by atoms with Crippen LogP contribution in [-0.4, -0.2) is 30.1 Å². The van der Waals surface area contributed by atoms with Crippen molar-refractivity contribution in [2.75, 3.05) is 19.6 Å². The van der Waals surface area contributed by atoms with Crippen LogP contribution in [0.3, 0.4) is 0 Å². The minimum Gasteiger partial charge on any atom is -0.329 e. The highest BCUT2D eigenvalue weighted by molar-refractivity contribution is 4.88. The van der Waals surface area contributed by atoms with E-state index < -0.39 is 0 Å². The molecule has 1 unspecified atom stereocenters. The van der Waals surface area contributed by atoms with Crippen molar-refractivity contribution in [1.29, 1.82) is 0 Å². The smallest absolute Gasteiger partial charge is 0.0275 e. The Bertz CT molecular complexity index is 154. The molecule has 0 spiro atoms. The van der Waals surface area contributed by atoms with Gasteiger partial charge in [-0.2, -0.15) is 0 Å². The van der Waals surface area contributed by atoms with Crippen LogP contribution in [0.4, 0.5) is 0 Å². The van der Waals surface area contributed by atoms with E-state index in [-0.39, 0.29) is 5.54 Å². The van der Waals surface area contributed by atoms with Gasteiger partial charge in [-0.15, -0.1) is 0 Å². The molecule has 1 heterocycles. The van der Waals surface area contributed by atoms with Crippen LogP contribution < -0.4 is 5.73 Å². The van der Waals surface area contributed by atoms with Gasteiger partial charge in [-0.1, -0.05) is 13.3 Å². The molecule has 0 aromatic carbocycles. The largest absolute Gasteiger partial charge is 0.329 e. The van der Waals surface area contributed by atoms with Crippen LogP contribution in [0.1, 0.15) is 40.0 Å². The van der Waals surface area contributed by atoms with E-state index in [0.717, 1.165) is 12.5 Å². The van der Waals surface area contributed by atoms with Crippen LogP contribution in [0.5, 0.6) is 0 Å². The summed E-state index contributed by atoms with van der Waals surface area (Å²) in [5, 5.41) is 0. The summed E-state index contributed by atoms with van der Waals surface area (Å²) in [5.74, 6) is 0.927. The summed E-state index contributed by atoms with van der Waals surface area (Å²) in [6.45, 7) is 10.1. The summed E-state index contributed by atoms with van der Waals surface area (Å²) in [6.07, 6.45) is 4.08. The third-order valence-corrected chi connectivity index (χ3v) is 3.34. The van der Waals surface area contributed by atoms with Gasteiger partial charge in [0.15, 0.2) is 0 Å². The summed E-state index contributed by atoms with van der Waals surface area (Å²) in [7, 11) is 0. The first-order valence-electron chi connectivity index (χ1n) is 5.55. The molecule has 0 aliphatic carbocycles. The molecular formula is C11H24N2. The molecule has 0 aromatic rings.